The molecule has 1 aromatic carbocycles. The molecule has 0 spiro atoms. The number of aryl methyl sites for hydroxylation is 1. The molecule has 42 heavy (non-hydrogen) atoms. The van der Waals surface area contributed by atoms with Gasteiger partial charge in [0.1, 0.15) is 11.3 Å². The van der Waals surface area contributed by atoms with Crippen molar-refractivity contribution in [1.82, 2.24) is 33.6 Å². The fourth-order valence-corrected chi connectivity index (χ4v) is 4.38. The van der Waals surface area contributed by atoms with Crippen molar-refractivity contribution >= 4 is 11.2 Å². The highest BCUT2D eigenvalue weighted by molar-refractivity contribution is 5.74. The molecule has 5 aromatic rings. The van der Waals surface area contributed by atoms with Crippen LogP contribution in [0.3, 0.4) is 0 Å². The molecule has 4 heterocycles. The third-order valence-electron chi connectivity index (χ3n) is 6.46. The summed E-state index contributed by atoms with van der Waals surface area (Å²) in [7, 11) is 1.65. The number of alkyl halides is 6. The molecule has 0 aliphatic rings. The summed E-state index contributed by atoms with van der Waals surface area (Å²) in [5.41, 5.74) is 1.30. The second-order valence-electron chi connectivity index (χ2n) is 9.78. The Morgan fingerprint density at radius 1 is 0.976 bits per heavy atom. The molecule has 0 atom stereocenters. The third-order valence-corrected chi connectivity index (χ3v) is 6.46. The molecule has 9 nitrogen and oxygen atoms in total. The lowest BCUT2D eigenvalue weighted by Gasteiger charge is -2.12. The van der Waals surface area contributed by atoms with E-state index in [9.17, 15) is 26.3 Å². The van der Waals surface area contributed by atoms with Crippen molar-refractivity contribution < 1.29 is 31.1 Å². The molecule has 4 aromatic heterocycles. The van der Waals surface area contributed by atoms with Crippen LogP contribution in [-0.4, -0.2) is 46.4 Å². The van der Waals surface area contributed by atoms with Crippen LogP contribution in [0.2, 0.25) is 0 Å². The number of pyridine rings is 1. The topological polar surface area (TPSA) is 99.4 Å². The van der Waals surface area contributed by atoms with Crippen molar-refractivity contribution in [2.75, 3.05) is 6.61 Å². The van der Waals surface area contributed by atoms with Crippen molar-refractivity contribution in [3.63, 3.8) is 0 Å². The molecule has 5 rings (SSSR count). The molecule has 0 unspecified atom stereocenters. The molecular weight excluding hydrogens is 566 g/mol. The number of halogens is 6. The largest absolute Gasteiger partial charge is 0.467 e. The van der Waals surface area contributed by atoms with Crippen molar-refractivity contribution in [2.45, 2.75) is 38.8 Å². The van der Waals surface area contributed by atoms with Gasteiger partial charge in [-0.15, -0.1) is 0 Å². The molecule has 15 heteroatoms. The molecule has 220 valence electrons. The predicted octanol–water partition coefficient (Wildman–Crippen LogP) is 5.76. The van der Waals surface area contributed by atoms with Crippen molar-refractivity contribution in [3.05, 3.63) is 71.9 Å². The van der Waals surface area contributed by atoms with Crippen LogP contribution in [0.15, 0.2) is 55.0 Å². The lowest BCUT2D eigenvalue weighted by molar-refractivity contribution is -0.154. The summed E-state index contributed by atoms with van der Waals surface area (Å²) >= 11 is 0. The standard InChI is InChI=1S/C27H24F6N8O/c1-15(2)40-13-20(27(31,32)33)37-22(40)17-8-6-16(7-9-17)12-41-23-19(39(3)25(41)34)11-36-21(38-23)18-5-4-10-35-24(18)42-14-26(28,29)30/h4-11,13,15,34H,12,14H2,1-3H3. The normalized spacial score (nSPS) is 12.4. The van der Waals surface area contributed by atoms with E-state index in [0.29, 0.717) is 16.7 Å². The Labute approximate surface area is 234 Å². The average molecular weight is 591 g/mol. The summed E-state index contributed by atoms with van der Waals surface area (Å²) in [5, 5.41) is 8.61. The Kier molecular flexibility index (Phi) is 7.28. The zero-order valence-corrected chi connectivity index (χ0v) is 22.5. The van der Waals surface area contributed by atoms with Gasteiger partial charge in [-0.25, -0.2) is 19.9 Å². The molecule has 0 fully saturated rings. The summed E-state index contributed by atoms with van der Waals surface area (Å²) in [5.74, 6) is -0.0458. The van der Waals surface area contributed by atoms with Gasteiger partial charge in [0, 0.05) is 31.0 Å². The first-order valence-corrected chi connectivity index (χ1v) is 12.6. The maximum absolute atomic E-state index is 13.3. The Morgan fingerprint density at radius 3 is 2.33 bits per heavy atom. The van der Waals surface area contributed by atoms with Crippen LogP contribution in [0.25, 0.3) is 33.9 Å². The Balaban J connectivity index is 1.49. The highest BCUT2D eigenvalue weighted by atomic mass is 19.4. The molecule has 0 radical (unpaired) electrons. The number of hydrogen-bond acceptors (Lipinski definition) is 6. The first-order valence-electron chi connectivity index (χ1n) is 12.6. The van der Waals surface area contributed by atoms with Crippen molar-refractivity contribution in [2.24, 2.45) is 7.05 Å². The molecule has 0 bridgehead atoms. The van der Waals surface area contributed by atoms with E-state index in [-0.39, 0.29) is 41.3 Å². The summed E-state index contributed by atoms with van der Waals surface area (Å²) < 4.78 is 87.7. The van der Waals surface area contributed by atoms with E-state index in [1.807, 2.05) is 0 Å². The molecule has 1 N–H and O–H groups in total. The van der Waals surface area contributed by atoms with E-state index in [2.05, 4.69) is 19.9 Å². The van der Waals surface area contributed by atoms with E-state index in [1.165, 1.54) is 29.1 Å². The lowest BCUT2D eigenvalue weighted by Crippen LogP contribution is -2.23. The minimum atomic E-state index is -4.58. The van der Waals surface area contributed by atoms with Gasteiger partial charge in [0.05, 0.1) is 18.3 Å². The van der Waals surface area contributed by atoms with E-state index in [0.717, 1.165) is 11.8 Å². The molecule has 0 saturated heterocycles. The highest BCUT2D eigenvalue weighted by Crippen LogP contribution is 2.33. The molecule has 0 aliphatic carbocycles. The van der Waals surface area contributed by atoms with Gasteiger partial charge in [0.25, 0.3) is 0 Å². The van der Waals surface area contributed by atoms with Gasteiger partial charge < -0.3 is 13.9 Å². The SMILES string of the molecule is CC(C)n1cc(C(F)(F)F)nc1-c1ccc(Cn2c(=N)n(C)c3cnc(-c4cccnc4OCC(F)(F)F)nc32)cc1. The smallest absolute Gasteiger partial charge is 0.434 e. The van der Waals surface area contributed by atoms with E-state index in [1.54, 1.807) is 54.3 Å². The zero-order chi connectivity index (χ0) is 30.4. The summed E-state index contributed by atoms with van der Waals surface area (Å²) in [4.78, 5) is 16.5. The average Bonchev–Trinajstić information content (AvgIpc) is 3.49. The quantitative estimate of drug-likeness (QED) is 0.243. The van der Waals surface area contributed by atoms with E-state index < -0.39 is 24.7 Å². The predicted molar refractivity (Wildman–Crippen MR) is 139 cm³/mol. The van der Waals surface area contributed by atoms with Crippen LogP contribution in [0.4, 0.5) is 26.3 Å². The first-order chi connectivity index (χ1) is 19.7. The number of rotatable bonds is 7. The molecular formula is C27H24F6N8O. The maximum Gasteiger partial charge on any atom is 0.434 e. The second kappa shape index (κ2) is 10.6. The molecule has 0 amide bonds. The number of aromatic nitrogens is 7. The zero-order valence-electron chi connectivity index (χ0n) is 22.5. The first kappa shape index (κ1) is 28.8. The lowest BCUT2D eigenvalue weighted by atomic mass is 10.1. The van der Waals surface area contributed by atoms with E-state index >= 15 is 0 Å². The monoisotopic (exact) mass is 590 g/mol. The number of hydrogen-bond donors (Lipinski definition) is 1. The van der Waals surface area contributed by atoms with Gasteiger partial charge in [0.15, 0.2) is 23.8 Å². The number of ether oxygens (including phenoxy) is 1. The number of benzene rings is 1. The number of imidazole rings is 2. The fraction of sp³-hybridized carbons (Fsp3) is 0.296. The van der Waals surface area contributed by atoms with Crippen molar-refractivity contribution in [3.8, 4) is 28.7 Å². The number of nitrogens with one attached hydrogen (secondary N) is 1. The minimum Gasteiger partial charge on any atom is -0.467 e. The van der Waals surface area contributed by atoms with Crippen LogP contribution < -0.4 is 10.4 Å². The van der Waals surface area contributed by atoms with Gasteiger partial charge in [-0.1, -0.05) is 24.3 Å². The van der Waals surface area contributed by atoms with Crippen molar-refractivity contribution in [1.29, 1.82) is 5.41 Å². The summed E-state index contributed by atoms with van der Waals surface area (Å²) in [6, 6.07) is 9.51. The second-order valence-corrected chi connectivity index (χ2v) is 9.78. The Bertz CT molecular complexity index is 1800. The Morgan fingerprint density at radius 2 is 1.69 bits per heavy atom. The van der Waals surface area contributed by atoms with Gasteiger partial charge >= 0.3 is 12.4 Å². The molecule has 0 aliphatic heterocycles. The fourth-order valence-electron chi connectivity index (χ4n) is 4.38. The number of nitrogens with zero attached hydrogens (tertiary/aromatic N) is 7. The van der Waals surface area contributed by atoms with Gasteiger partial charge in [-0.3, -0.25) is 9.98 Å². The van der Waals surface area contributed by atoms with Gasteiger partial charge in [-0.2, -0.15) is 26.3 Å². The summed E-state index contributed by atoms with van der Waals surface area (Å²) in [6.07, 6.45) is -5.40. The van der Waals surface area contributed by atoms with Crippen LogP contribution in [0.5, 0.6) is 5.88 Å². The Hall–Kier alpha value is -4.69. The minimum absolute atomic E-state index is 0.0588. The van der Waals surface area contributed by atoms with Crippen LogP contribution in [-0.2, 0) is 19.8 Å². The third kappa shape index (κ3) is 5.71. The summed E-state index contributed by atoms with van der Waals surface area (Å²) in [6.45, 7) is 2.16. The van der Waals surface area contributed by atoms with Gasteiger partial charge in [-0.05, 0) is 31.5 Å². The van der Waals surface area contributed by atoms with E-state index in [4.69, 9.17) is 10.1 Å². The number of fused-ring (bicyclic) bond motifs is 1. The van der Waals surface area contributed by atoms with Crippen LogP contribution in [0, 0.1) is 5.41 Å². The highest BCUT2D eigenvalue weighted by Gasteiger charge is 2.35. The van der Waals surface area contributed by atoms with Gasteiger partial charge in [0.2, 0.25) is 11.5 Å². The van der Waals surface area contributed by atoms with Crippen LogP contribution >= 0.6 is 0 Å². The molecule has 0 saturated carbocycles. The van der Waals surface area contributed by atoms with Crippen LogP contribution in [0.1, 0.15) is 31.1 Å². The maximum atomic E-state index is 13.3.